The van der Waals surface area contributed by atoms with Crippen LogP contribution in [0.15, 0.2) is 65.6 Å². The van der Waals surface area contributed by atoms with Gasteiger partial charge in [-0.15, -0.1) is 0 Å². The molecule has 1 amide bonds. The molecule has 0 bridgehead atoms. The van der Waals surface area contributed by atoms with Crippen molar-refractivity contribution in [2.45, 2.75) is 24.0 Å². The molecule has 4 aromatic rings. The maximum absolute atomic E-state index is 13.1. The second-order valence-corrected chi connectivity index (χ2v) is 11.8. The Hall–Kier alpha value is -4.34. The molecule has 1 atom stereocenters. The first-order chi connectivity index (χ1) is 20.3. The van der Waals surface area contributed by atoms with Crippen LogP contribution >= 0.6 is 0 Å². The van der Waals surface area contributed by atoms with Crippen LogP contribution in [0, 0.1) is 5.92 Å². The van der Waals surface area contributed by atoms with Gasteiger partial charge in [0.05, 0.1) is 22.0 Å². The summed E-state index contributed by atoms with van der Waals surface area (Å²) in [6, 6.07) is 16.2. The van der Waals surface area contributed by atoms with Gasteiger partial charge in [-0.25, -0.2) is 23.5 Å². The summed E-state index contributed by atoms with van der Waals surface area (Å²) in [6.07, 6.45) is -3.69. The predicted octanol–water partition coefficient (Wildman–Crippen LogP) is 3.82. The number of primary sulfonamides is 1. The first-order valence-corrected chi connectivity index (χ1v) is 14.8. The minimum absolute atomic E-state index is 0.0385. The molecular weight excluding hydrogens is 585 g/mol. The van der Waals surface area contributed by atoms with Crippen molar-refractivity contribution in [2.24, 2.45) is 11.1 Å². The molecular formula is C28H29F3N8O3S. The van der Waals surface area contributed by atoms with Crippen LogP contribution in [0.3, 0.4) is 0 Å². The number of nitrogens with one attached hydrogen (secondary N) is 3. The third kappa shape index (κ3) is 7.74. The zero-order chi connectivity index (χ0) is 30.8. The van der Waals surface area contributed by atoms with Crippen LogP contribution < -0.4 is 21.1 Å². The number of carbonyl (C=O) groups excluding carboxylic acids is 1. The third-order valence-corrected chi connectivity index (χ3v) is 7.84. The second kappa shape index (κ2) is 12.1. The summed E-state index contributed by atoms with van der Waals surface area (Å²) in [5.41, 5.74) is 2.93. The fourth-order valence-electron chi connectivity index (χ4n) is 4.66. The molecule has 1 saturated heterocycles. The number of nitrogens with zero attached hydrogens (tertiary/aromatic N) is 4. The number of fused-ring (bicyclic) bond motifs is 1. The molecule has 5 N–H and O–H groups in total. The van der Waals surface area contributed by atoms with Gasteiger partial charge in [0.2, 0.25) is 21.9 Å². The Morgan fingerprint density at radius 2 is 1.72 bits per heavy atom. The minimum atomic E-state index is -4.50. The average Bonchev–Trinajstić information content (AvgIpc) is 3.41. The molecule has 1 aliphatic heterocycles. The summed E-state index contributed by atoms with van der Waals surface area (Å²) in [6.45, 7) is 0.428. The highest BCUT2D eigenvalue weighted by molar-refractivity contribution is 7.89. The summed E-state index contributed by atoms with van der Waals surface area (Å²) in [4.78, 5) is 27.8. The smallest absolute Gasteiger partial charge is 0.359 e. The zero-order valence-electron chi connectivity index (χ0n) is 23.0. The Morgan fingerprint density at radius 3 is 2.35 bits per heavy atom. The molecule has 0 saturated carbocycles. The Balaban J connectivity index is 1.36. The van der Waals surface area contributed by atoms with Crippen molar-refractivity contribution in [3.05, 3.63) is 66.2 Å². The Labute approximate surface area is 245 Å². The number of aromatic nitrogens is 3. The average molecular weight is 615 g/mol. The second-order valence-electron chi connectivity index (χ2n) is 10.3. The van der Waals surface area contributed by atoms with Crippen LogP contribution in [0.4, 0.5) is 30.6 Å². The normalized spacial score (nSPS) is 15.9. The highest BCUT2D eigenvalue weighted by Gasteiger charge is 2.28. The van der Waals surface area contributed by atoms with E-state index in [-0.39, 0.29) is 40.5 Å². The monoisotopic (exact) mass is 614 g/mol. The molecule has 226 valence electrons. The molecule has 3 heterocycles. The number of amides is 1. The molecule has 5 rings (SSSR count). The number of benzene rings is 2. The van der Waals surface area contributed by atoms with Gasteiger partial charge in [-0.1, -0.05) is 24.3 Å². The summed E-state index contributed by atoms with van der Waals surface area (Å²) >= 11 is 0. The molecule has 0 radical (unpaired) electrons. The fraction of sp³-hybridized carbons (Fsp3) is 0.286. The fourth-order valence-corrected chi connectivity index (χ4v) is 5.17. The van der Waals surface area contributed by atoms with Crippen molar-refractivity contribution in [1.82, 2.24) is 19.9 Å². The lowest BCUT2D eigenvalue weighted by atomic mass is 10.1. The first kappa shape index (κ1) is 30.1. The van der Waals surface area contributed by atoms with Crippen molar-refractivity contribution < 1.29 is 26.4 Å². The number of hydrogen-bond donors (Lipinski definition) is 4. The number of alkyl halides is 3. The Bertz CT molecular complexity index is 1730. The van der Waals surface area contributed by atoms with E-state index in [4.69, 9.17) is 5.14 Å². The number of carbonyl (C=O) groups is 1. The Morgan fingerprint density at radius 1 is 1.00 bits per heavy atom. The number of likely N-dealkylation sites (tertiary alicyclic amines) is 1. The van der Waals surface area contributed by atoms with E-state index in [1.165, 1.54) is 12.1 Å². The van der Waals surface area contributed by atoms with Crippen LogP contribution in [0.1, 0.15) is 12.0 Å². The predicted molar refractivity (Wildman–Crippen MR) is 157 cm³/mol. The number of nitrogens with two attached hydrogens (primary N) is 1. The lowest BCUT2D eigenvalue weighted by molar-refractivity contribution is -0.119. The number of hydrogen-bond acceptors (Lipinski definition) is 9. The highest BCUT2D eigenvalue weighted by atomic mass is 32.2. The van der Waals surface area contributed by atoms with Crippen LogP contribution in [0.25, 0.3) is 22.3 Å². The summed E-state index contributed by atoms with van der Waals surface area (Å²) in [7, 11) is -1.86. The van der Waals surface area contributed by atoms with Gasteiger partial charge in [0.25, 0.3) is 0 Å². The number of halogens is 3. The topological polar surface area (TPSA) is 155 Å². The first-order valence-electron chi connectivity index (χ1n) is 13.3. The van der Waals surface area contributed by atoms with Crippen LogP contribution in [-0.2, 0) is 21.4 Å². The van der Waals surface area contributed by atoms with E-state index in [0.29, 0.717) is 34.6 Å². The summed E-state index contributed by atoms with van der Waals surface area (Å²) < 4.78 is 62.2. The van der Waals surface area contributed by atoms with Gasteiger partial charge in [-0.05, 0) is 62.0 Å². The van der Waals surface area contributed by atoms with Crippen LogP contribution in [0.5, 0.6) is 0 Å². The van der Waals surface area contributed by atoms with E-state index in [2.05, 4.69) is 35.8 Å². The number of anilines is 3. The van der Waals surface area contributed by atoms with Crippen molar-refractivity contribution >= 4 is 44.4 Å². The van der Waals surface area contributed by atoms with Gasteiger partial charge < -0.3 is 20.9 Å². The lowest BCUT2D eigenvalue weighted by Crippen LogP contribution is -2.25. The third-order valence-electron chi connectivity index (χ3n) is 6.91. The molecule has 1 fully saturated rings. The number of rotatable bonds is 9. The molecule has 15 heteroatoms. The van der Waals surface area contributed by atoms with Crippen LogP contribution in [-0.4, -0.2) is 67.0 Å². The number of pyridine rings is 1. The largest absolute Gasteiger partial charge is 0.405 e. The van der Waals surface area contributed by atoms with Crippen molar-refractivity contribution in [3.8, 4) is 11.3 Å². The SMILES string of the molecule is CN1CCC(C(=O)Nc2ccc(-c3ccc4nc(NCc5ccc(S(N)(=O)=O)cc5)nc(NCC(F)(F)F)c4n3)cc2)C1. The molecule has 0 aliphatic carbocycles. The van der Waals surface area contributed by atoms with E-state index >= 15 is 0 Å². The molecule has 43 heavy (non-hydrogen) atoms. The molecule has 2 aromatic carbocycles. The zero-order valence-corrected chi connectivity index (χ0v) is 23.8. The summed E-state index contributed by atoms with van der Waals surface area (Å²) in [5.74, 6) is -0.162. The summed E-state index contributed by atoms with van der Waals surface area (Å²) in [5, 5.41) is 13.3. The van der Waals surface area contributed by atoms with Gasteiger partial charge in [0, 0.05) is 24.3 Å². The standard InChI is InChI=1S/C28H29F3N8O3S/c1-39-13-12-19(15-39)26(40)35-20-6-4-18(5-7-20)22-10-11-23-24(36-22)25(34-16-28(29,30)31)38-27(37-23)33-14-17-2-8-21(9-3-17)43(32,41)42/h2-11,19H,12-16H2,1H3,(H,35,40)(H2,32,41,42)(H2,33,34,37,38). The lowest BCUT2D eigenvalue weighted by Gasteiger charge is -2.14. The quantitative estimate of drug-likeness (QED) is 0.220. The maximum Gasteiger partial charge on any atom is 0.405 e. The van der Waals surface area contributed by atoms with Gasteiger partial charge in [0.1, 0.15) is 12.1 Å². The van der Waals surface area contributed by atoms with Crippen LogP contribution in [0.2, 0.25) is 0 Å². The van der Waals surface area contributed by atoms with E-state index in [0.717, 1.165) is 13.0 Å². The maximum atomic E-state index is 13.1. The van der Waals surface area contributed by atoms with Crippen molar-refractivity contribution in [1.29, 1.82) is 0 Å². The highest BCUT2D eigenvalue weighted by Crippen LogP contribution is 2.28. The number of sulfonamides is 1. The van der Waals surface area contributed by atoms with E-state index < -0.39 is 22.7 Å². The van der Waals surface area contributed by atoms with E-state index in [9.17, 15) is 26.4 Å². The van der Waals surface area contributed by atoms with E-state index in [1.54, 1.807) is 48.5 Å². The van der Waals surface area contributed by atoms with Crippen molar-refractivity contribution in [2.75, 3.05) is 42.6 Å². The molecule has 2 aromatic heterocycles. The van der Waals surface area contributed by atoms with E-state index in [1.807, 2.05) is 7.05 Å². The molecule has 1 unspecified atom stereocenters. The minimum Gasteiger partial charge on any atom is -0.359 e. The van der Waals surface area contributed by atoms with Gasteiger partial charge in [-0.3, -0.25) is 4.79 Å². The van der Waals surface area contributed by atoms with Gasteiger partial charge in [-0.2, -0.15) is 18.2 Å². The molecule has 0 spiro atoms. The molecule has 11 nitrogen and oxygen atoms in total. The Kier molecular flexibility index (Phi) is 8.48. The van der Waals surface area contributed by atoms with Crippen molar-refractivity contribution in [3.63, 3.8) is 0 Å². The van der Waals surface area contributed by atoms with Gasteiger partial charge in [0.15, 0.2) is 5.82 Å². The van der Waals surface area contributed by atoms with Gasteiger partial charge >= 0.3 is 6.18 Å². The molecule has 1 aliphatic rings.